The summed E-state index contributed by atoms with van der Waals surface area (Å²) < 4.78 is 14.6. The zero-order valence-electron chi connectivity index (χ0n) is 17.1. The first kappa shape index (κ1) is 21.2. The van der Waals surface area contributed by atoms with Gasteiger partial charge in [-0.3, -0.25) is 0 Å². The molecule has 2 rings (SSSR count). The first-order chi connectivity index (χ1) is 11.8. The lowest BCUT2D eigenvalue weighted by Crippen LogP contribution is -2.48. The van der Waals surface area contributed by atoms with E-state index >= 15 is 0 Å². The molecule has 2 aromatic rings. The third-order valence-corrected chi connectivity index (χ3v) is 10.5. The van der Waals surface area contributed by atoms with E-state index in [0.29, 0.717) is 12.1 Å². The van der Waals surface area contributed by atoms with Crippen molar-refractivity contribution in [2.75, 3.05) is 7.11 Å². The van der Waals surface area contributed by atoms with E-state index < -0.39 is 8.32 Å². The summed E-state index contributed by atoms with van der Waals surface area (Å²) in [5.41, 5.74) is 1.21. The Kier molecular flexibility index (Phi) is 5.81. The second-order valence-electron chi connectivity index (χ2n) is 8.95. The highest BCUT2D eigenvalue weighted by atomic mass is 79.9. The van der Waals surface area contributed by atoms with Gasteiger partial charge < -0.3 is 13.7 Å². The fourth-order valence-corrected chi connectivity index (χ4v) is 5.24. The number of hydrogen-bond donors (Lipinski definition) is 0. The van der Waals surface area contributed by atoms with Gasteiger partial charge >= 0.3 is 5.97 Å². The van der Waals surface area contributed by atoms with Crippen molar-refractivity contribution in [3.63, 3.8) is 0 Å². The van der Waals surface area contributed by atoms with Gasteiger partial charge in [-0.1, -0.05) is 36.7 Å². The number of aromatic nitrogens is 1. The molecule has 0 aliphatic carbocycles. The minimum absolute atomic E-state index is 0.157. The van der Waals surface area contributed by atoms with Crippen molar-refractivity contribution in [1.29, 1.82) is 0 Å². The number of benzene rings is 1. The number of carbonyl (C=O) groups excluding carboxylic acids is 1. The first-order valence-corrected chi connectivity index (χ1v) is 12.5. The number of hydrogen-bond acceptors (Lipinski definition) is 3. The van der Waals surface area contributed by atoms with Crippen LogP contribution in [0.4, 0.5) is 0 Å². The van der Waals surface area contributed by atoms with Crippen LogP contribution in [0.5, 0.6) is 0 Å². The van der Waals surface area contributed by atoms with Crippen LogP contribution in [0.3, 0.4) is 0 Å². The summed E-state index contributed by atoms with van der Waals surface area (Å²) in [5, 5.41) is 1.23. The highest BCUT2D eigenvalue weighted by Crippen LogP contribution is 2.39. The lowest BCUT2D eigenvalue weighted by molar-refractivity contribution is 0.0601. The van der Waals surface area contributed by atoms with E-state index in [9.17, 15) is 4.79 Å². The van der Waals surface area contributed by atoms with E-state index in [4.69, 9.17) is 9.16 Å². The van der Waals surface area contributed by atoms with E-state index in [1.54, 1.807) is 6.07 Å². The molecule has 0 atom stereocenters. The molecule has 0 saturated heterocycles. The molecule has 0 radical (unpaired) electrons. The standard InChI is InChI=1S/C20H30BrNO3Si/c1-19(2,3)26(7,8)25-20(4,5)13-22-10-9-15-16(21)11-14(12-17(15)22)18(23)24-6/h9-12H,13H2,1-8H3. The monoisotopic (exact) mass is 439 g/mol. The Morgan fingerprint density at radius 1 is 1.19 bits per heavy atom. The molecule has 4 nitrogen and oxygen atoms in total. The van der Waals surface area contributed by atoms with Gasteiger partial charge in [-0.15, -0.1) is 0 Å². The van der Waals surface area contributed by atoms with Crippen molar-refractivity contribution in [1.82, 2.24) is 4.57 Å². The summed E-state index contributed by atoms with van der Waals surface area (Å²) in [6.07, 6.45) is 2.05. The summed E-state index contributed by atoms with van der Waals surface area (Å²) in [4.78, 5) is 12.0. The fourth-order valence-electron chi connectivity index (χ4n) is 2.91. The third kappa shape index (κ3) is 4.41. The predicted octanol–water partition coefficient (Wildman–Crippen LogP) is 5.99. The molecule has 0 aliphatic rings. The molecule has 0 bridgehead atoms. The molecule has 26 heavy (non-hydrogen) atoms. The van der Waals surface area contributed by atoms with E-state index in [-0.39, 0.29) is 16.6 Å². The number of carbonyl (C=O) groups is 1. The average molecular weight is 440 g/mol. The smallest absolute Gasteiger partial charge is 0.337 e. The second-order valence-corrected chi connectivity index (χ2v) is 14.5. The van der Waals surface area contributed by atoms with Crippen molar-refractivity contribution < 1.29 is 14.0 Å². The van der Waals surface area contributed by atoms with Gasteiger partial charge in [-0.2, -0.15) is 0 Å². The van der Waals surface area contributed by atoms with Crippen LogP contribution >= 0.6 is 15.9 Å². The normalized spacial score (nSPS) is 13.3. The van der Waals surface area contributed by atoms with Crippen LogP contribution in [0, 0.1) is 0 Å². The van der Waals surface area contributed by atoms with Gasteiger partial charge in [-0.25, -0.2) is 4.79 Å². The second kappa shape index (κ2) is 7.13. The number of rotatable bonds is 5. The zero-order chi connectivity index (χ0) is 19.9. The van der Waals surface area contributed by atoms with Crippen molar-refractivity contribution in [2.24, 2.45) is 0 Å². The average Bonchev–Trinajstić information content (AvgIpc) is 2.87. The van der Waals surface area contributed by atoms with Crippen LogP contribution in [0.1, 0.15) is 45.0 Å². The molecule has 0 saturated carbocycles. The minimum atomic E-state index is -1.88. The summed E-state index contributed by atoms with van der Waals surface area (Å²) in [6, 6.07) is 5.74. The lowest BCUT2D eigenvalue weighted by atomic mass is 10.1. The summed E-state index contributed by atoms with van der Waals surface area (Å²) in [6.45, 7) is 16.3. The van der Waals surface area contributed by atoms with Crippen molar-refractivity contribution >= 4 is 41.1 Å². The van der Waals surface area contributed by atoms with Crippen molar-refractivity contribution in [3.8, 4) is 0 Å². The highest BCUT2D eigenvalue weighted by Gasteiger charge is 2.41. The van der Waals surface area contributed by atoms with E-state index in [2.05, 4.69) is 74.3 Å². The van der Waals surface area contributed by atoms with Crippen LogP contribution in [0.25, 0.3) is 10.9 Å². The fraction of sp³-hybridized carbons (Fsp3) is 0.550. The molecular weight excluding hydrogens is 410 g/mol. The zero-order valence-corrected chi connectivity index (χ0v) is 19.7. The van der Waals surface area contributed by atoms with Gasteiger partial charge in [0.05, 0.1) is 23.8 Å². The molecule has 144 valence electrons. The Morgan fingerprint density at radius 3 is 2.35 bits per heavy atom. The minimum Gasteiger partial charge on any atom is -0.465 e. The Morgan fingerprint density at radius 2 is 1.81 bits per heavy atom. The third-order valence-electron chi connectivity index (χ3n) is 5.15. The largest absolute Gasteiger partial charge is 0.465 e. The Labute approximate surface area is 166 Å². The van der Waals surface area contributed by atoms with Crippen LogP contribution in [-0.2, 0) is 15.7 Å². The lowest BCUT2D eigenvalue weighted by Gasteiger charge is -2.43. The van der Waals surface area contributed by atoms with Gasteiger partial charge in [0.15, 0.2) is 8.32 Å². The molecule has 0 N–H and O–H groups in total. The van der Waals surface area contributed by atoms with Gasteiger partial charge in [-0.05, 0) is 50.2 Å². The topological polar surface area (TPSA) is 40.5 Å². The number of nitrogens with zero attached hydrogens (tertiary/aromatic N) is 1. The maximum Gasteiger partial charge on any atom is 0.337 e. The SMILES string of the molecule is COC(=O)c1cc(Br)c2ccn(CC(C)(C)O[Si](C)(C)C(C)(C)C)c2c1. The highest BCUT2D eigenvalue weighted by molar-refractivity contribution is 9.10. The molecule has 6 heteroatoms. The molecule has 1 aromatic heterocycles. The van der Waals surface area contributed by atoms with E-state index in [0.717, 1.165) is 15.4 Å². The number of ether oxygens (including phenoxy) is 1. The quantitative estimate of drug-likeness (QED) is 0.424. The number of halogens is 1. The molecule has 0 fully saturated rings. The Balaban J connectivity index is 2.38. The molecule has 0 spiro atoms. The van der Waals surface area contributed by atoms with Crippen molar-refractivity contribution in [3.05, 3.63) is 34.4 Å². The van der Waals surface area contributed by atoms with Gasteiger partial charge in [0, 0.05) is 22.6 Å². The summed E-state index contributed by atoms with van der Waals surface area (Å²) >= 11 is 3.57. The van der Waals surface area contributed by atoms with Gasteiger partial charge in [0.2, 0.25) is 0 Å². The maximum atomic E-state index is 12.0. The van der Waals surface area contributed by atoms with Crippen LogP contribution in [0.2, 0.25) is 18.1 Å². The summed E-state index contributed by atoms with van der Waals surface area (Å²) in [5.74, 6) is -0.336. The maximum absolute atomic E-state index is 12.0. The molecule has 0 unspecified atom stereocenters. The predicted molar refractivity (Wildman–Crippen MR) is 113 cm³/mol. The number of esters is 1. The van der Waals surface area contributed by atoms with Crippen molar-refractivity contribution in [2.45, 2.75) is 64.9 Å². The van der Waals surface area contributed by atoms with E-state index in [1.807, 2.05) is 12.3 Å². The molecule has 1 aromatic carbocycles. The van der Waals surface area contributed by atoms with Crippen LogP contribution in [0.15, 0.2) is 28.9 Å². The molecule has 0 amide bonds. The van der Waals surface area contributed by atoms with Crippen LogP contribution in [-0.4, -0.2) is 31.6 Å². The van der Waals surface area contributed by atoms with Gasteiger partial charge in [0.1, 0.15) is 0 Å². The number of fused-ring (bicyclic) bond motifs is 1. The van der Waals surface area contributed by atoms with Crippen LogP contribution < -0.4 is 0 Å². The molecule has 1 heterocycles. The Hall–Kier alpha value is -1.11. The molecular formula is C20H30BrNO3Si. The summed E-state index contributed by atoms with van der Waals surface area (Å²) in [7, 11) is -0.485. The van der Waals surface area contributed by atoms with E-state index in [1.165, 1.54) is 7.11 Å². The Bertz CT molecular complexity index is 818. The number of methoxy groups -OCH3 is 1. The molecule has 0 aliphatic heterocycles. The first-order valence-electron chi connectivity index (χ1n) is 8.84. The van der Waals surface area contributed by atoms with Gasteiger partial charge in [0.25, 0.3) is 0 Å².